The Bertz CT molecular complexity index is 10500. The summed E-state index contributed by atoms with van der Waals surface area (Å²) in [6.45, 7) is 0. The van der Waals surface area contributed by atoms with E-state index in [1.165, 1.54) is 137 Å². The second-order valence-corrected chi connectivity index (χ2v) is 37.3. The molecule has 31 aromatic rings. The second-order valence-electron chi connectivity index (χ2n) is 37.3. The number of benzene rings is 26. The molecule has 0 saturated heterocycles. The fraction of sp³-hybridized carbons (Fsp3) is 0. The number of H-pyrrole nitrogens is 1. The smallest absolute Gasteiger partial charge is 0.868 e. The zero-order valence-corrected chi connectivity index (χ0v) is 80.5. The molecule has 5 heterocycles. The van der Waals surface area contributed by atoms with Crippen molar-refractivity contribution < 1.29 is 53.5 Å². The molecule has 0 amide bonds. The summed E-state index contributed by atoms with van der Waals surface area (Å²) < 4.78 is 66.8. The van der Waals surface area contributed by atoms with Crippen molar-refractivity contribution in [2.24, 2.45) is 0 Å². The number of pyridine rings is 1. The number of aromatic nitrogens is 1. The average Bonchev–Trinajstić information content (AvgIpc) is 1.68. The molecule has 31 rings (SSSR count). The van der Waals surface area contributed by atoms with E-state index in [0.29, 0.717) is 11.1 Å². The van der Waals surface area contributed by atoms with Gasteiger partial charge in [0, 0.05) is 65.7 Å². The van der Waals surface area contributed by atoms with E-state index in [0.717, 1.165) is 131 Å². The average molecular weight is 1890 g/mol. The summed E-state index contributed by atoms with van der Waals surface area (Å²) in [4.78, 5) is 2.91. The molecule has 0 unspecified atom stereocenters. The quantitative estimate of drug-likeness (QED) is 0.112. The molecule has 0 aliphatic heterocycles. The Morgan fingerprint density at radius 2 is 0.439 bits per heavy atom. The van der Waals surface area contributed by atoms with Gasteiger partial charge in [-0.05, 0) is 259 Å². The van der Waals surface area contributed by atoms with Crippen molar-refractivity contribution in [3.05, 3.63) is 534 Å². The van der Waals surface area contributed by atoms with Crippen molar-refractivity contribution in [2.45, 2.75) is 0 Å². The molecule has 26 aromatic carbocycles. The molecule has 0 saturated carbocycles. The van der Waals surface area contributed by atoms with Crippen LogP contribution in [0.4, 0.5) is 0 Å². The minimum atomic E-state index is -0.394. The number of fused-ring (bicyclic) bond motifs is 22. The maximum atomic E-state index is 11.1. The Labute approximate surface area is 871 Å². The number of aromatic amines is 1. The number of nitrogens with one attached hydrogen (secondary N) is 1. The van der Waals surface area contributed by atoms with Crippen molar-refractivity contribution in [3.63, 3.8) is 0 Å². The summed E-state index contributed by atoms with van der Waals surface area (Å²) in [5, 5.41) is 42.3. The van der Waals surface area contributed by atoms with Gasteiger partial charge in [-0.25, -0.2) is 4.98 Å². The van der Waals surface area contributed by atoms with Gasteiger partial charge in [0.05, 0.1) is 6.85 Å². The third kappa shape index (κ3) is 15.7. The van der Waals surface area contributed by atoms with Gasteiger partial charge < -0.3 is 22.8 Å². The van der Waals surface area contributed by atoms with E-state index in [4.69, 9.17) is 24.5 Å². The van der Waals surface area contributed by atoms with Crippen LogP contribution in [0.1, 0.15) is 6.85 Å². The topological polar surface area (TPSA) is 89.8 Å². The van der Waals surface area contributed by atoms with Gasteiger partial charge in [0.15, 0.2) is 6.20 Å². The van der Waals surface area contributed by atoms with Gasteiger partial charge in [-0.2, -0.15) is 0 Å². The van der Waals surface area contributed by atoms with E-state index in [-0.39, 0.29) is 54.3 Å². The van der Waals surface area contributed by atoms with Crippen molar-refractivity contribution in [3.8, 4) is 94.8 Å². The first-order chi connectivity index (χ1) is 75.0. The molecule has 0 fully saturated rings. The fourth-order valence-corrected chi connectivity index (χ4v) is 22.6. The van der Waals surface area contributed by atoms with E-state index in [9.17, 15) is 5.11 Å². The molecule has 0 aliphatic carbocycles. The van der Waals surface area contributed by atoms with Crippen LogP contribution < -0.4 is 29.0 Å². The summed E-state index contributed by atoms with van der Waals surface area (Å²) in [7, 11) is 0. The van der Waals surface area contributed by atoms with E-state index in [1.807, 2.05) is 121 Å². The van der Waals surface area contributed by atoms with Gasteiger partial charge in [-0.3, -0.25) is 0 Å². The molecule has 7 heteroatoms. The van der Waals surface area contributed by atoms with Crippen LogP contribution in [-0.4, -0.2) is 0 Å². The minimum Gasteiger partial charge on any atom is -0.868 e. The fourth-order valence-electron chi connectivity index (χ4n) is 22.6. The predicted molar refractivity (Wildman–Crippen MR) is 616 cm³/mol. The maximum absolute atomic E-state index is 11.1. The molecule has 0 radical (unpaired) electrons. The monoisotopic (exact) mass is 1890 g/mol. The van der Waals surface area contributed by atoms with E-state index in [2.05, 4.69) is 369 Å². The first-order valence-corrected chi connectivity index (χ1v) is 49.6. The SMILES string of the molecule is [2H]c1c([2H])c([2H])c(-c2c3ccccc3c(-c3ccc4oc5ccccc5c4c3)c3ccccc23)c([2H])c1[2H].[Li+].[O-]c1cccc2ccc[nH+]c12.c1ccc(-c2c3ccccc3c(-c3ccc4oc5ccccc5c4c3)c3ccccc23)cc1.c1ccc(-c2c3ccccc3c(-c3ccc4oc5ccccc5c4c3)c3ccccc23)cc1.c1ccc2cc(-c3c4ccccc4c(-c4cccc5c4oc4ccccc45)c4ccccc34)ccc2c1. The zero-order chi connectivity index (χ0) is 102. The van der Waals surface area contributed by atoms with E-state index < -0.39 is 6.04 Å². The maximum Gasteiger partial charge on any atom is 1.00 e. The zero-order valence-electron chi connectivity index (χ0n) is 85.5. The molecule has 0 bridgehead atoms. The number of hydrogen-bond donors (Lipinski definition) is 0. The molecular weight excluding hydrogens is 1790 g/mol. The Morgan fingerprint density at radius 3 is 0.811 bits per heavy atom. The molecule has 5 aromatic heterocycles. The van der Waals surface area contributed by atoms with Gasteiger partial charge in [-0.15, -0.1) is 0 Å². The normalized spacial score (nSPS) is 12.0. The first kappa shape index (κ1) is 83.7. The van der Waals surface area contributed by atoms with Crippen LogP contribution in [0, 0.1) is 0 Å². The molecule has 148 heavy (non-hydrogen) atoms. The van der Waals surface area contributed by atoms with Crippen LogP contribution in [-0.2, 0) is 0 Å². The Morgan fingerprint density at radius 1 is 0.176 bits per heavy atom. The Kier molecular flexibility index (Phi) is 21.5. The van der Waals surface area contributed by atoms with Gasteiger partial charge in [0.25, 0.3) is 0 Å². The van der Waals surface area contributed by atoms with Crippen molar-refractivity contribution in [1.82, 2.24) is 0 Å². The summed E-state index contributed by atoms with van der Waals surface area (Å²) >= 11 is 0. The predicted octanol–water partition coefficient (Wildman–Crippen LogP) is 35.8. The summed E-state index contributed by atoms with van der Waals surface area (Å²) in [5.74, 6) is 0.0445. The molecule has 1 N–H and O–H groups in total. The number of furan rings is 4. The first-order valence-electron chi connectivity index (χ1n) is 52.1. The molecule has 0 spiro atoms. The van der Waals surface area contributed by atoms with Crippen LogP contribution in [0.15, 0.2) is 552 Å². The van der Waals surface area contributed by atoms with E-state index in [1.54, 1.807) is 18.3 Å². The Hall–Kier alpha value is -18.9. The van der Waals surface area contributed by atoms with Gasteiger partial charge in [0.2, 0.25) is 5.52 Å². The summed E-state index contributed by atoms with van der Waals surface area (Å²) in [6, 6.07) is 172. The van der Waals surface area contributed by atoms with Crippen LogP contribution in [0.3, 0.4) is 0 Å². The number of rotatable bonds is 8. The van der Waals surface area contributed by atoms with Crippen LogP contribution in [0.5, 0.6) is 5.75 Å². The molecule has 0 atom stereocenters. The second kappa shape index (κ2) is 38.1. The van der Waals surface area contributed by atoms with Gasteiger partial charge in [0.1, 0.15) is 44.7 Å². The van der Waals surface area contributed by atoms with Crippen LogP contribution in [0.25, 0.3) is 285 Å². The minimum absolute atomic E-state index is 0. The third-order valence-corrected chi connectivity index (χ3v) is 29.0. The third-order valence-electron chi connectivity index (χ3n) is 29.0. The van der Waals surface area contributed by atoms with Crippen molar-refractivity contribution in [2.75, 3.05) is 0 Å². The van der Waals surface area contributed by atoms with Gasteiger partial charge >= 0.3 is 18.9 Å². The van der Waals surface area contributed by atoms with Crippen LogP contribution in [0.2, 0.25) is 0 Å². The van der Waals surface area contributed by atoms with Crippen molar-refractivity contribution in [1.29, 1.82) is 0 Å². The molecule has 0 aliphatic rings. The van der Waals surface area contributed by atoms with Crippen LogP contribution >= 0.6 is 0 Å². The molecule has 6 nitrogen and oxygen atoms in total. The number of hydrogen-bond acceptors (Lipinski definition) is 5. The van der Waals surface area contributed by atoms with Gasteiger partial charge in [-0.1, -0.05) is 443 Å². The summed E-state index contributed by atoms with van der Waals surface area (Å²) in [6.07, 6.45) is 1.75. The van der Waals surface area contributed by atoms with E-state index >= 15 is 0 Å². The van der Waals surface area contributed by atoms with Crippen molar-refractivity contribution >= 4 is 196 Å². The molecule has 688 valence electrons. The Balaban J connectivity index is 0.0000000987. The summed E-state index contributed by atoms with van der Waals surface area (Å²) in [5.41, 5.74) is 25.7. The largest absolute Gasteiger partial charge is 1.00 e. The molecular formula is C141H89LiNO5+. The standard InChI is InChI=1S/C36H22O.3C32H20O.C9H7NO.Li/c1-2-11-24-22-25(21-20-23(24)10-1)34-27-13-3-5-15-29(27)35(30-16-6-4-14-28(30)34)32-18-9-17-31-26-12-7-8-19-33(26)37-36(31)32;3*1-2-10-21(11-3-1)31-24-13-4-6-15-26(24)32(27-16-7-5-14-25(27)31)22-18-19-30-28(20-22)23-12-8-9-17-29(23)33-30;11-8-5-1-3-7-4-2-6-10-9(7)8;/h1-22H;3*1-20H;1-6,11H;/q;;;;;+1/i;1D,2D,3D,10D,11D;;;;. The number of para-hydroxylation sites is 6.